The molecule has 104 valence electrons. The van der Waals surface area contributed by atoms with Gasteiger partial charge in [-0.3, -0.25) is 5.73 Å². The summed E-state index contributed by atoms with van der Waals surface area (Å²) in [4.78, 5) is 2.02. The number of hydrogen-bond acceptors (Lipinski definition) is 4. The summed E-state index contributed by atoms with van der Waals surface area (Å²) in [6, 6.07) is 19.8. The Morgan fingerprint density at radius 3 is 2.30 bits per heavy atom. The first kappa shape index (κ1) is 13.1. The van der Waals surface area contributed by atoms with Crippen molar-refractivity contribution < 1.29 is 9.47 Å². The highest BCUT2D eigenvalue weighted by Gasteiger charge is 2.31. The Morgan fingerprint density at radius 1 is 1.05 bits per heavy atom. The van der Waals surface area contributed by atoms with Gasteiger partial charge in [0.05, 0.1) is 6.61 Å². The molecule has 2 aromatic carbocycles. The van der Waals surface area contributed by atoms with E-state index in [1.807, 2.05) is 65.6 Å². The predicted molar refractivity (Wildman–Crippen MR) is 76.9 cm³/mol. The molecule has 1 aliphatic rings. The van der Waals surface area contributed by atoms with Crippen LogP contribution in [0.25, 0.3) is 0 Å². The first-order valence-corrected chi connectivity index (χ1v) is 6.74. The minimum atomic E-state index is -0.427. The Kier molecular flexibility index (Phi) is 3.97. The molecule has 0 spiro atoms. The Hall–Kier alpha value is -1.88. The van der Waals surface area contributed by atoms with Gasteiger partial charge in [0.25, 0.3) is 0 Å². The van der Waals surface area contributed by atoms with Crippen LogP contribution in [-0.4, -0.2) is 24.4 Å². The molecule has 4 heteroatoms. The lowest BCUT2D eigenvalue weighted by Crippen LogP contribution is -2.42. The smallest absolute Gasteiger partial charge is 0.182 e. The summed E-state index contributed by atoms with van der Waals surface area (Å²) in [5.74, 6) is 0.820. The summed E-state index contributed by atoms with van der Waals surface area (Å²) >= 11 is 0. The Bertz CT molecular complexity index is 533. The number of hydrogen-bond donors (Lipinski definition) is 1. The highest BCUT2D eigenvalue weighted by Crippen LogP contribution is 2.28. The van der Waals surface area contributed by atoms with Crippen LogP contribution in [-0.2, 0) is 4.74 Å². The number of nitrogens with two attached hydrogens (primary N) is 1. The standard InChI is InChI=1S/C16H18N2O2/c17-16-18(11-12-19-16)15(13-7-3-1-4-8-13)20-14-9-5-2-6-10-14/h1-10,15-16H,11-12,17H2. The molecule has 20 heavy (non-hydrogen) atoms. The zero-order valence-electron chi connectivity index (χ0n) is 11.2. The molecule has 4 nitrogen and oxygen atoms in total. The van der Waals surface area contributed by atoms with Crippen LogP contribution in [0.2, 0.25) is 0 Å². The molecule has 2 atom stereocenters. The highest BCUT2D eigenvalue weighted by atomic mass is 16.6. The quantitative estimate of drug-likeness (QED) is 0.926. The van der Waals surface area contributed by atoms with E-state index in [1.54, 1.807) is 0 Å². The zero-order valence-corrected chi connectivity index (χ0v) is 11.2. The van der Waals surface area contributed by atoms with Gasteiger partial charge < -0.3 is 9.47 Å². The topological polar surface area (TPSA) is 47.7 Å². The molecule has 0 radical (unpaired) electrons. The van der Waals surface area contributed by atoms with E-state index in [-0.39, 0.29) is 6.23 Å². The molecule has 3 rings (SSSR count). The van der Waals surface area contributed by atoms with Crippen molar-refractivity contribution >= 4 is 0 Å². The monoisotopic (exact) mass is 270 g/mol. The number of para-hydroxylation sites is 1. The molecule has 0 aromatic heterocycles. The lowest BCUT2D eigenvalue weighted by atomic mass is 10.2. The molecule has 2 aromatic rings. The molecule has 2 unspecified atom stereocenters. The zero-order chi connectivity index (χ0) is 13.8. The summed E-state index contributed by atoms with van der Waals surface area (Å²) in [7, 11) is 0. The van der Waals surface area contributed by atoms with E-state index in [4.69, 9.17) is 15.2 Å². The molecule has 1 aliphatic heterocycles. The van der Waals surface area contributed by atoms with Crippen LogP contribution in [0.1, 0.15) is 11.8 Å². The van der Waals surface area contributed by atoms with Gasteiger partial charge in [0, 0.05) is 12.1 Å². The van der Waals surface area contributed by atoms with Gasteiger partial charge in [-0.2, -0.15) is 0 Å². The lowest BCUT2D eigenvalue weighted by molar-refractivity contribution is -0.0495. The molecule has 0 saturated carbocycles. The van der Waals surface area contributed by atoms with E-state index in [1.165, 1.54) is 0 Å². The fraction of sp³-hybridized carbons (Fsp3) is 0.250. The van der Waals surface area contributed by atoms with Crippen molar-refractivity contribution in [1.29, 1.82) is 0 Å². The maximum atomic E-state index is 6.12. The molecule has 1 saturated heterocycles. The number of nitrogens with zero attached hydrogens (tertiary/aromatic N) is 1. The Morgan fingerprint density at radius 2 is 1.70 bits per heavy atom. The highest BCUT2D eigenvalue weighted by molar-refractivity contribution is 5.24. The van der Waals surface area contributed by atoms with Gasteiger partial charge in [0.1, 0.15) is 5.75 Å². The van der Waals surface area contributed by atoms with Crippen LogP contribution >= 0.6 is 0 Å². The second kappa shape index (κ2) is 6.05. The van der Waals surface area contributed by atoms with Crippen molar-refractivity contribution in [3.8, 4) is 5.75 Å². The minimum Gasteiger partial charge on any atom is -0.471 e. The van der Waals surface area contributed by atoms with E-state index in [2.05, 4.69) is 0 Å². The van der Waals surface area contributed by atoms with Gasteiger partial charge in [-0.05, 0) is 12.1 Å². The normalized spacial score (nSPS) is 20.8. The Labute approximate surface area is 118 Å². The fourth-order valence-corrected chi connectivity index (χ4v) is 2.33. The second-order valence-electron chi connectivity index (χ2n) is 4.69. The predicted octanol–water partition coefficient (Wildman–Crippen LogP) is 2.34. The lowest BCUT2D eigenvalue weighted by Gasteiger charge is -2.30. The molecule has 1 heterocycles. The molecule has 2 N–H and O–H groups in total. The fourth-order valence-electron chi connectivity index (χ4n) is 2.33. The van der Waals surface area contributed by atoms with Crippen LogP contribution in [0.5, 0.6) is 5.75 Å². The SMILES string of the molecule is NC1OCCN1C(Oc1ccccc1)c1ccccc1. The van der Waals surface area contributed by atoms with Crippen molar-refractivity contribution in [1.82, 2.24) is 4.90 Å². The van der Waals surface area contributed by atoms with Crippen molar-refractivity contribution in [3.05, 3.63) is 66.2 Å². The van der Waals surface area contributed by atoms with Crippen molar-refractivity contribution in [2.45, 2.75) is 12.6 Å². The molecule has 0 amide bonds. The summed E-state index contributed by atoms with van der Waals surface area (Å²) in [6.07, 6.45) is -0.667. The van der Waals surface area contributed by atoms with Crippen LogP contribution < -0.4 is 10.5 Å². The summed E-state index contributed by atoms with van der Waals surface area (Å²) in [5, 5.41) is 0. The summed E-state index contributed by atoms with van der Waals surface area (Å²) < 4.78 is 11.6. The van der Waals surface area contributed by atoms with Crippen LogP contribution in [0.3, 0.4) is 0 Å². The van der Waals surface area contributed by atoms with Crippen molar-refractivity contribution in [2.24, 2.45) is 5.73 Å². The Balaban J connectivity index is 1.87. The van der Waals surface area contributed by atoms with E-state index >= 15 is 0 Å². The first-order valence-electron chi connectivity index (χ1n) is 6.74. The van der Waals surface area contributed by atoms with E-state index in [0.717, 1.165) is 17.9 Å². The minimum absolute atomic E-state index is 0.240. The van der Waals surface area contributed by atoms with Gasteiger partial charge >= 0.3 is 0 Å². The molecular weight excluding hydrogens is 252 g/mol. The molecule has 1 fully saturated rings. The first-order chi connectivity index (χ1) is 9.84. The van der Waals surface area contributed by atoms with E-state index in [9.17, 15) is 0 Å². The molecular formula is C16H18N2O2. The van der Waals surface area contributed by atoms with Gasteiger partial charge in [-0.1, -0.05) is 48.5 Å². The summed E-state index contributed by atoms with van der Waals surface area (Å²) in [6.45, 7) is 1.39. The van der Waals surface area contributed by atoms with Crippen LogP contribution in [0.4, 0.5) is 0 Å². The van der Waals surface area contributed by atoms with Crippen LogP contribution in [0.15, 0.2) is 60.7 Å². The summed E-state index contributed by atoms with van der Waals surface area (Å²) in [5.41, 5.74) is 7.06. The van der Waals surface area contributed by atoms with Crippen molar-refractivity contribution in [2.75, 3.05) is 13.2 Å². The number of ether oxygens (including phenoxy) is 2. The average molecular weight is 270 g/mol. The second-order valence-corrected chi connectivity index (χ2v) is 4.69. The molecule has 0 aliphatic carbocycles. The molecule has 0 bridgehead atoms. The third-order valence-corrected chi connectivity index (χ3v) is 3.34. The maximum absolute atomic E-state index is 6.12. The van der Waals surface area contributed by atoms with Crippen molar-refractivity contribution in [3.63, 3.8) is 0 Å². The van der Waals surface area contributed by atoms with Gasteiger partial charge in [0.15, 0.2) is 12.6 Å². The number of rotatable bonds is 4. The number of benzene rings is 2. The third-order valence-electron chi connectivity index (χ3n) is 3.34. The van der Waals surface area contributed by atoms with Gasteiger partial charge in [0.2, 0.25) is 0 Å². The van der Waals surface area contributed by atoms with Gasteiger partial charge in [-0.15, -0.1) is 0 Å². The van der Waals surface area contributed by atoms with Crippen LogP contribution in [0, 0.1) is 0 Å². The van der Waals surface area contributed by atoms with E-state index in [0.29, 0.717) is 6.61 Å². The largest absolute Gasteiger partial charge is 0.471 e. The third kappa shape index (κ3) is 2.82. The average Bonchev–Trinajstić information content (AvgIpc) is 2.93. The van der Waals surface area contributed by atoms with Gasteiger partial charge in [-0.25, -0.2) is 4.90 Å². The van der Waals surface area contributed by atoms with E-state index < -0.39 is 6.35 Å². The maximum Gasteiger partial charge on any atom is 0.182 e.